The van der Waals surface area contributed by atoms with Gasteiger partial charge in [0.05, 0.1) is 43.2 Å². The predicted octanol–water partition coefficient (Wildman–Crippen LogP) is 5.19. The van der Waals surface area contributed by atoms with Crippen molar-refractivity contribution in [1.82, 2.24) is 4.90 Å². The lowest BCUT2D eigenvalue weighted by Crippen LogP contribution is -2.60. The van der Waals surface area contributed by atoms with Gasteiger partial charge in [-0.15, -0.1) is 0 Å². The monoisotopic (exact) mass is 675 g/mol. The second kappa shape index (κ2) is 11.9. The number of aliphatic hydroxyl groups excluding tert-OH is 1. The number of hydrogen-bond acceptors (Lipinski definition) is 9. The molecule has 0 aromatic heterocycles. The van der Waals surface area contributed by atoms with Gasteiger partial charge in [0.15, 0.2) is 12.4 Å². The molecule has 0 amide bonds. The largest absolute Gasteiger partial charge is 0.457 e. The van der Waals surface area contributed by atoms with Crippen molar-refractivity contribution in [3.63, 3.8) is 0 Å². The third-order valence-corrected chi connectivity index (χ3v) is 16.1. The average molecular weight is 676 g/mol. The van der Waals surface area contributed by atoms with Gasteiger partial charge in [-0.05, 0) is 111 Å². The Balaban J connectivity index is 1.11. The van der Waals surface area contributed by atoms with Crippen LogP contribution >= 0.6 is 0 Å². The van der Waals surface area contributed by atoms with Crippen LogP contribution in [-0.4, -0.2) is 103 Å². The SMILES string of the molecule is COCCN1CCOC(O[C@H]2CC[C@]34C[C@]35CC[C@]3(C)C6C(C)C[C@H]([C@H](OC(C)=O)C(C)(C)O)OC6[C@H](O)[C@@]3(C)[C@@H]5CC[C@H]4C2(C)C)C1. The van der Waals surface area contributed by atoms with Crippen LogP contribution in [0.3, 0.4) is 0 Å². The summed E-state index contributed by atoms with van der Waals surface area (Å²) >= 11 is 0. The van der Waals surface area contributed by atoms with Crippen LogP contribution in [0, 0.1) is 50.7 Å². The normalized spacial score (nSPS) is 50.3. The molecule has 14 atom stereocenters. The van der Waals surface area contributed by atoms with E-state index < -0.39 is 29.9 Å². The minimum absolute atomic E-state index is 0.0441. The third-order valence-electron chi connectivity index (χ3n) is 16.1. The van der Waals surface area contributed by atoms with E-state index in [4.69, 9.17) is 23.7 Å². The number of methoxy groups -OCH3 is 1. The number of nitrogens with zero attached hydrogens (tertiary/aromatic N) is 1. The van der Waals surface area contributed by atoms with Crippen LogP contribution in [0.1, 0.15) is 107 Å². The van der Waals surface area contributed by atoms with E-state index in [1.165, 1.54) is 32.6 Å². The van der Waals surface area contributed by atoms with Crippen LogP contribution in [0.5, 0.6) is 0 Å². The first-order valence-corrected chi connectivity index (χ1v) is 19.2. The summed E-state index contributed by atoms with van der Waals surface area (Å²) in [5, 5.41) is 23.6. The van der Waals surface area contributed by atoms with Crippen molar-refractivity contribution in [2.24, 2.45) is 50.7 Å². The molecule has 0 aromatic carbocycles. The van der Waals surface area contributed by atoms with E-state index in [0.29, 0.717) is 30.3 Å². The zero-order valence-electron chi connectivity index (χ0n) is 31.3. The molecule has 0 radical (unpaired) electrons. The summed E-state index contributed by atoms with van der Waals surface area (Å²) < 4.78 is 30.9. The molecule has 0 bridgehead atoms. The molecule has 4 unspecified atom stereocenters. The summed E-state index contributed by atoms with van der Waals surface area (Å²) in [6.45, 7) is 20.9. The Bertz CT molecular complexity index is 1240. The maximum absolute atomic E-state index is 12.6. The van der Waals surface area contributed by atoms with Gasteiger partial charge in [0.25, 0.3) is 0 Å². The van der Waals surface area contributed by atoms with E-state index in [1.807, 2.05) is 0 Å². The van der Waals surface area contributed by atoms with Crippen LogP contribution in [0.2, 0.25) is 0 Å². The number of esters is 1. The number of hydrogen-bond donors (Lipinski definition) is 2. The summed E-state index contributed by atoms with van der Waals surface area (Å²) in [5.41, 5.74) is -0.966. The van der Waals surface area contributed by atoms with Crippen molar-refractivity contribution < 1.29 is 38.7 Å². The molecule has 9 heteroatoms. The molecular weight excluding hydrogens is 610 g/mol. The third kappa shape index (κ3) is 4.97. The van der Waals surface area contributed by atoms with Crippen LogP contribution in [0.4, 0.5) is 0 Å². The summed E-state index contributed by atoms with van der Waals surface area (Å²) in [7, 11) is 1.76. The molecular formula is C39H65NO8. The summed E-state index contributed by atoms with van der Waals surface area (Å²) in [4.78, 5) is 14.5. The molecule has 5 aliphatic carbocycles. The highest BCUT2D eigenvalue weighted by atomic mass is 16.7. The predicted molar refractivity (Wildman–Crippen MR) is 181 cm³/mol. The first-order chi connectivity index (χ1) is 22.5. The van der Waals surface area contributed by atoms with Crippen LogP contribution in [0.15, 0.2) is 0 Å². The molecule has 2 spiro atoms. The Hall–Kier alpha value is -0.810. The Morgan fingerprint density at radius 3 is 2.46 bits per heavy atom. The Morgan fingerprint density at radius 1 is 1.06 bits per heavy atom. The zero-order chi connectivity index (χ0) is 34.7. The highest BCUT2D eigenvalue weighted by Gasteiger charge is 2.84. The second-order valence-electron chi connectivity index (χ2n) is 19.0. The van der Waals surface area contributed by atoms with Gasteiger partial charge in [-0.25, -0.2) is 0 Å². The molecule has 2 heterocycles. The molecule has 2 N–H and O–H groups in total. The summed E-state index contributed by atoms with van der Waals surface area (Å²) in [5.74, 6) is 1.11. The molecule has 5 saturated carbocycles. The fourth-order valence-electron chi connectivity index (χ4n) is 14.0. The lowest BCUT2D eigenvalue weighted by atomic mass is 9.41. The maximum Gasteiger partial charge on any atom is 0.303 e. The lowest BCUT2D eigenvalue weighted by molar-refractivity contribution is -0.249. The summed E-state index contributed by atoms with van der Waals surface area (Å²) in [6, 6.07) is 0. The van der Waals surface area contributed by atoms with Crippen LogP contribution in [0.25, 0.3) is 0 Å². The van der Waals surface area contributed by atoms with Gasteiger partial charge in [0.1, 0.15) is 0 Å². The lowest BCUT2D eigenvalue weighted by Gasteiger charge is -2.64. The molecule has 2 saturated heterocycles. The van der Waals surface area contributed by atoms with Crippen LogP contribution in [-0.2, 0) is 28.5 Å². The molecule has 2 aliphatic heterocycles. The first kappa shape index (κ1) is 35.6. The second-order valence-corrected chi connectivity index (χ2v) is 19.0. The van der Waals surface area contributed by atoms with Gasteiger partial charge in [-0.2, -0.15) is 0 Å². The van der Waals surface area contributed by atoms with E-state index >= 15 is 0 Å². The molecule has 0 aromatic rings. The zero-order valence-corrected chi connectivity index (χ0v) is 31.3. The number of rotatable bonds is 8. The van der Waals surface area contributed by atoms with Crippen molar-refractivity contribution in [2.45, 2.75) is 149 Å². The smallest absolute Gasteiger partial charge is 0.303 e. The van der Waals surface area contributed by atoms with Gasteiger partial charge in [-0.3, -0.25) is 9.69 Å². The van der Waals surface area contributed by atoms with E-state index in [0.717, 1.165) is 45.5 Å². The van der Waals surface area contributed by atoms with Gasteiger partial charge in [0, 0.05) is 39.1 Å². The van der Waals surface area contributed by atoms with E-state index in [-0.39, 0.29) is 52.0 Å². The molecule has 7 rings (SSSR count). The molecule has 274 valence electrons. The first-order valence-electron chi connectivity index (χ1n) is 19.2. The van der Waals surface area contributed by atoms with Gasteiger partial charge >= 0.3 is 5.97 Å². The minimum Gasteiger partial charge on any atom is -0.457 e. The molecule has 48 heavy (non-hydrogen) atoms. The van der Waals surface area contributed by atoms with E-state index in [9.17, 15) is 15.0 Å². The topological polar surface area (TPSA) is 107 Å². The van der Waals surface area contributed by atoms with Crippen molar-refractivity contribution in [3.05, 3.63) is 0 Å². The quantitative estimate of drug-likeness (QED) is 0.336. The fraction of sp³-hybridized carbons (Fsp3) is 0.974. The Kier molecular flexibility index (Phi) is 8.79. The Morgan fingerprint density at radius 2 is 1.77 bits per heavy atom. The average Bonchev–Trinajstić information content (AvgIpc) is 3.64. The maximum atomic E-state index is 12.6. The van der Waals surface area contributed by atoms with Gasteiger partial charge in [-0.1, -0.05) is 34.6 Å². The number of ether oxygens (including phenoxy) is 5. The molecule has 7 fully saturated rings. The number of aliphatic hydroxyl groups is 2. The molecule has 9 nitrogen and oxygen atoms in total. The van der Waals surface area contributed by atoms with Crippen LogP contribution < -0.4 is 0 Å². The van der Waals surface area contributed by atoms with Crippen molar-refractivity contribution in [1.29, 1.82) is 0 Å². The Labute approximate surface area is 289 Å². The number of carbonyl (C=O) groups excluding carboxylic acids is 1. The van der Waals surface area contributed by atoms with Gasteiger partial charge in [0.2, 0.25) is 0 Å². The standard InChI is InChI=1S/C39H65NO8/c1-23-20-25(33(35(5,6)43)46-24(2)41)47-31-30(23)36(7)14-15-39-22-38(39)13-12-28(48-29-21-40(16-18-44-9)17-19-45-29)34(3,4)26(38)10-11-27(39)37(36,8)32(31)42/h23,25-33,42-43H,10-22H2,1-9H3/t23?,25-,26+,27+,28+,29?,30?,31?,32+,33+,36-,37-,38-,39+/m1/s1. The number of fused-ring (bicyclic) bond motifs is 4. The summed E-state index contributed by atoms with van der Waals surface area (Å²) in [6.07, 6.45) is 6.68. The van der Waals surface area contributed by atoms with E-state index in [1.54, 1.807) is 21.0 Å². The number of morpholine rings is 1. The number of carbonyl (C=O) groups is 1. The van der Waals surface area contributed by atoms with Gasteiger partial charge < -0.3 is 33.9 Å². The molecule has 7 aliphatic rings. The fourth-order valence-corrected chi connectivity index (χ4v) is 14.0. The highest BCUT2D eigenvalue weighted by Crippen LogP contribution is 2.89. The minimum atomic E-state index is -1.25. The van der Waals surface area contributed by atoms with Crippen molar-refractivity contribution in [3.8, 4) is 0 Å². The van der Waals surface area contributed by atoms with E-state index in [2.05, 4.69) is 39.5 Å². The van der Waals surface area contributed by atoms with Crippen molar-refractivity contribution in [2.75, 3.05) is 40.0 Å². The highest BCUT2D eigenvalue weighted by molar-refractivity contribution is 5.66. The van der Waals surface area contributed by atoms with Crippen molar-refractivity contribution >= 4 is 5.97 Å².